The Morgan fingerprint density at radius 1 is 0.871 bits per heavy atom. The predicted octanol–water partition coefficient (Wildman–Crippen LogP) is 3.96. The summed E-state index contributed by atoms with van der Waals surface area (Å²) in [5.41, 5.74) is 1.38. The van der Waals surface area contributed by atoms with Crippen LogP contribution in [0.2, 0.25) is 0 Å². The molecular formula is C25H32N2O3S. The summed E-state index contributed by atoms with van der Waals surface area (Å²) in [5, 5.41) is 0. The largest absolute Gasteiger partial charge is 0.342 e. The lowest BCUT2D eigenvalue weighted by Crippen LogP contribution is -2.48. The Morgan fingerprint density at radius 3 is 2.19 bits per heavy atom. The molecule has 0 saturated carbocycles. The summed E-state index contributed by atoms with van der Waals surface area (Å²) >= 11 is 0. The first-order valence-electron chi connectivity index (χ1n) is 11.4. The number of likely N-dealkylation sites (tertiary alicyclic amines) is 1. The lowest BCUT2D eigenvalue weighted by Gasteiger charge is -2.37. The summed E-state index contributed by atoms with van der Waals surface area (Å²) in [6.07, 6.45) is 5.84. The van der Waals surface area contributed by atoms with Crippen molar-refractivity contribution in [1.82, 2.24) is 9.21 Å². The highest BCUT2D eigenvalue weighted by atomic mass is 32.2. The number of sulfonamides is 1. The second-order valence-corrected chi connectivity index (χ2v) is 10.7. The minimum atomic E-state index is -3.54. The van der Waals surface area contributed by atoms with E-state index in [-0.39, 0.29) is 11.8 Å². The van der Waals surface area contributed by atoms with Gasteiger partial charge in [-0.2, -0.15) is 4.31 Å². The van der Waals surface area contributed by atoms with E-state index in [0.717, 1.165) is 45.2 Å². The SMILES string of the molecule is O=C(C1CCCN(S(=O)(=O)c2ccccc2)C1)N1CCC(CCc2ccccc2)CC1. The fourth-order valence-electron chi connectivity index (χ4n) is 4.82. The minimum absolute atomic E-state index is 0.134. The van der Waals surface area contributed by atoms with E-state index < -0.39 is 10.0 Å². The summed E-state index contributed by atoms with van der Waals surface area (Å²) < 4.78 is 27.4. The third-order valence-corrected chi connectivity index (χ3v) is 8.60. The van der Waals surface area contributed by atoms with Gasteiger partial charge in [-0.1, -0.05) is 48.5 Å². The highest BCUT2D eigenvalue weighted by molar-refractivity contribution is 7.89. The van der Waals surface area contributed by atoms with Crippen LogP contribution in [0, 0.1) is 11.8 Å². The molecule has 0 bridgehead atoms. The first-order chi connectivity index (χ1) is 15.0. The van der Waals surface area contributed by atoms with Gasteiger partial charge in [0.2, 0.25) is 15.9 Å². The lowest BCUT2D eigenvalue weighted by atomic mass is 9.89. The molecule has 2 aliphatic heterocycles. The first kappa shape index (κ1) is 22.0. The predicted molar refractivity (Wildman–Crippen MR) is 122 cm³/mol. The number of aryl methyl sites for hydroxylation is 1. The highest BCUT2D eigenvalue weighted by Gasteiger charge is 2.35. The molecule has 0 N–H and O–H groups in total. The Hall–Kier alpha value is -2.18. The second kappa shape index (κ2) is 9.96. The third kappa shape index (κ3) is 5.36. The fourth-order valence-corrected chi connectivity index (χ4v) is 6.36. The number of carbonyl (C=O) groups is 1. The van der Waals surface area contributed by atoms with Gasteiger partial charge in [0.25, 0.3) is 0 Å². The van der Waals surface area contributed by atoms with Gasteiger partial charge in [0.05, 0.1) is 10.8 Å². The molecule has 0 radical (unpaired) electrons. The minimum Gasteiger partial charge on any atom is -0.342 e. The van der Waals surface area contributed by atoms with Crippen molar-refractivity contribution in [3.05, 3.63) is 66.2 Å². The van der Waals surface area contributed by atoms with E-state index in [2.05, 4.69) is 24.3 Å². The maximum atomic E-state index is 13.2. The van der Waals surface area contributed by atoms with Crippen LogP contribution in [0.5, 0.6) is 0 Å². The van der Waals surface area contributed by atoms with Crippen molar-refractivity contribution in [2.75, 3.05) is 26.2 Å². The van der Waals surface area contributed by atoms with Crippen LogP contribution in [0.1, 0.15) is 37.7 Å². The molecule has 0 aliphatic carbocycles. The highest BCUT2D eigenvalue weighted by Crippen LogP contribution is 2.28. The molecule has 1 amide bonds. The van der Waals surface area contributed by atoms with E-state index in [4.69, 9.17) is 0 Å². The molecule has 0 aromatic heterocycles. The molecule has 2 heterocycles. The normalized spacial score (nSPS) is 21.2. The number of carbonyl (C=O) groups excluding carboxylic acids is 1. The summed E-state index contributed by atoms with van der Waals surface area (Å²) in [6, 6.07) is 19.1. The van der Waals surface area contributed by atoms with Crippen molar-refractivity contribution in [2.45, 2.75) is 43.4 Å². The first-order valence-corrected chi connectivity index (χ1v) is 12.9. The molecular weight excluding hydrogens is 408 g/mol. The van der Waals surface area contributed by atoms with Crippen LogP contribution >= 0.6 is 0 Å². The zero-order chi connectivity index (χ0) is 21.7. The van der Waals surface area contributed by atoms with E-state index in [1.165, 1.54) is 16.3 Å². The van der Waals surface area contributed by atoms with Crippen LogP contribution in [0.25, 0.3) is 0 Å². The van der Waals surface area contributed by atoms with Crippen molar-refractivity contribution in [2.24, 2.45) is 11.8 Å². The number of hydrogen-bond donors (Lipinski definition) is 0. The Balaban J connectivity index is 1.29. The molecule has 2 fully saturated rings. The molecule has 31 heavy (non-hydrogen) atoms. The van der Waals surface area contributed by atoms with Gasteiger partial charge in [-0.15, -0.1) is 0 Å². The van der Waals surface area contributed by atoms with Crippen LogP contribution in [0.4, 0.5) is 0 Å². The molecule has 6 heteroatoms. The molecule has 0 spiro atoms. The molecule has 1 unspecified atom stereocenters. The average molecular weight is 441 g/mol. The van der Waals surface area contributed by atoms with Gasteiger partial charge in [0.15, 0.2) is 0 Å². The van der Waals surface area contributed by atoms with Crippen LogP contribution in [-0.2, 0) is 21.2 Å². The molecule has 1 atom stereocenters. The van der Waals surface area contributed by atoms with Gasteiger partial charge in [-0.25, -0.2) is 8.42 Å². The number of piperidine rings is 2. The second-order valence-electron chi connectivity index (χ2n) is 8.81. The quantitative estimate of drug-likeness (QED) is 0.683. The molecule has 166 valence electrons. The van der Waals surface area contributed by atoms with E-state index in [9.17, 15) is 13.2 Å². The Labute approximate surface area is 186 Å². The van der Waals surface area contributed by atoms with Gasteiger partial charge in [-0.3, -0.25) is 4.79 Å². The van der Waals surface area contributed by atoms with Crippen molar-refractivity contribution in [1.29, 1.82) is 0 Å². The van der Waals surface area contributed by atoms with Crippen molar-refractivity contribution in [3.63, 3.8) is 0 Å². The molecule has 2 aromatic rings. The van der Waals surface area contributed by atoms with Crippen LogP contribution < -0.4 is 0 Å². The van der Waals surface area contributed by atoms with Crippen LogP contribution in [-0.4, -0.2) is 49.7 Å². The Kier molecular flexibility index (Phi) is 7.08. The van der Waals surface area contributed by atoms with E-state index in [1.807, 2.05) is 17.0 Å². The number of nitrogens with zero attached hydrogens (tertiary/aromatic N) is 2. The van der Waals surface area contributed by atoms with Gasteiger partial charge in [0.1, 0.15) is 0 Å². The molecule has 4 rings (SSSR count). The van der Waals surface area contributed by atoms with Crippen molar-refractivity contribution in [3.8, 4) is 0 Å². The monoisotopic (exact) mass is 440 g/mol. The summed E-state index contributed by atoms with van der Waals surface area (Å²) in [5.74, 6) is 0.563. The maximum Gasteiger partial charge on any atom is 0.243 e. The zero-order valence-corrected chi connectivity index (χ0v) is 18.8. The van der Waals surface area contributed by atoms with Gasteiger partial charge >= 0.3 is 0 Å². The van der Waals surface area contributed by atoms with Crippen molar-refractivity contribution < 1.29 is 13.2 Å². The fraction of sp³-hybridized carbons (Fsp3) is 0.480. The van der Waals surface area contributed by atoms with Gasteiger partial charge < -0.3 is 4.90 Å². The Morgan fingerprint density at radius 2 is 1.52 bits per heavy atom. The molecule has 2 saturated heterocycles. The van der Waals surface area contributed by atoms with Crippen LogP contribution in [0.15, 0.2) is 65.6 Å². The van der Waals surface area contributed by atoms with Crippen LogP contribution in [0.3, 0.4) is 0 Å². The molecule has 5 nitrogen and oxygen atoms in total. The standard InChI is InChI=1S/C25H32N2O3S/c28-25(26-18-15-22(16-19-26)14-13-21-8-3-1-4-9-21)23-10-7-17-27(20-23)31(29,30)24-11-5-2-6-12-24/h1-6,8-9,11-12,22-23H,7,10,13-20H2. The third-order valence-electron chi connectivity index (χ3n) is 6.72. The van der Waals surface area contributed by atoms with E-state index >= 15 is 0 Å². The number of rotatable bonds is 6. The number of benzene rings is 2. The van der Waals surface area contributed by atoms with E-state index in [0.29, 0.717) is 23.9 Å². The topological polar surface area (TPSA) is 57.7 Å². The molecule has 2 aromatic carbocycles. The van der Waals surface area contributed by atoms with Crippen molar-refractivity contribution >= 4 is 15.9 Å². The van der Waals surface area contributed by atoms with E-state index in [1.54, 1.807) is 24.3 Å². The molecule has 2 aliphatic rings. The Bertz CT molecular complexity index is 955. The number of amides is 1. The smallest absolute Gasteiger partial charge is 0.243 e. The van der Waals surface area contributed by atoms with Gasteiger partial charge in [0, 0.05) is 26.2 Å². The summed E-state index contributed by atoms with van der Waals surface area (Å²) in [7, 11) is -3.54. The summed E-state index contributed by atoms with van der Waals surface area (Å²) in [6.45, 7) is 2.37. The maximum absolute atomic E-state index is 13.2. The summed E-state index contributed by atoms with van der Waals surface area (Å²) in [4.78, 5) is 15.4. The lowest BCUT2D eigenvalue weighted by molar-refractivity contribution is -0.138. The average Bonchev–Trinajstić information content (AvgIpc) is 2.84. The zero-order valence-electron chi connectivity index (χ0n) is 18.0. The van der Waals surface area contributed by atoms with Gasteiger partial charge in [-0.05, 0) is 62.1 Å². The number of hydrogen-bond acceptors (Lipinski definition) is 3.